The van der Waals surface area contributed by atoms with Crippen LogP contribution in [0.25, 0.3) is 0 Å². The molecule has 3 aromatic rings. The Balaban J connectivity index is 1.62. The second-order valence-corrected chi connectivity index (χ2v) is 14.3. The molecule has 1 aliphatic rings. The number of aliphatic hydroxyl groups is 1. The maximum absolute atomic E-state index is 14.3. The number of carbonyl (C=O) groups excluding carboxylic acids is 2. The Hall–Kier alpha value is -4.05. The molecule has 1 aromatic heterocycles. The number of amides is 3. The number of nitrogens with one attached hydrogen (secondary N) is 2. The van der Waals surface area contributed by atoms with Gasteiger partial charge in [-0.05, 0) is 75.6 Å². The lowest BCUT2D eigenvalue weighted by Gasteiger charge is -2.35. The molecule has 0 spiro atoms. The highest BCUT2D eigenvalue weighted by Crippen LogP contribution is 2.29. The number of rotatable bonds is 8. The van der Waals surface area contributed by atoms with Gasteiger partial charge in [-0.2, -0.15) is 4.31 Å². The van der Waals surface area contributed by atoms with E-state index in [2.05, 4.69) is 15.6 Å². The highest BCUT2D eigenvalue weighted by Gasteiger charge is 2.33. The smallest absolute Gasteiger partial charge is 0.323 e. The van der Waals surface area contributed by atoms with Gasteiger partial charge in [0.25, 0.3) is 15.9 Å². The second kappa shape index (κ2) is 16.4. The lowest BCUT2D eigenvalue weighted by molar-refractivity contribution is -0.00835. The first-order valence-corrected chi connectivity index (χ1v) is 17.3. The molecule has 2 aromatic carbocycles. The van der Waals surface area contributed by atoms with Gasteiger partial charge >= 0.3 is 6.03 Å². The number of hydrogen-bond donors (Lipinski definition) is 3. The van der Waals surface area contributed by atoms with Crippen LogP contribution < -0.4 is 15.4 Å². The molecule has 48 heavy (non-hydrogen) atoms. The third-order valence-corrected chi connectivity index (χ3v) is 9.91. The summed E-state index contributed by atoms with van der Waals surface area (Å²) in [6.45, 7) is 5.68. The highest BCUT2D eigenvalue weighted by atomic mass is 32.2. The van der Waals surface area contributed by atoms with Crippen LogP contribution in [0.3, 0.4) is 0 Å². The molecule has 13 nitrogen and oxygen atoms in total. The zero-order valence-electron chi connectivity index (χ0n) is 27.9. The van der Waals surface area contributed by atoms with Crippen molar-refractivity contribution in [1.29, 1.82) is 0 Å². The SMILES string of the molecule is C[C@@H]1CCCCO[C@H](CN(C)S(=O)(=O)c2cn(C)cn2)[C@H](C)CN([C@@H](C)CO)C(=O)c2cc(NC(=O)Nc3ccc(F)cc3)ccc2O1. The van der Waals surface area contributed by atoms with Gasteiger partial charge in [-0.15, -0.1) is 0 Å². The maximum atomic E-state index is 14.3. The highest BCUT2D eigenvalue weighted by molar-refractivity contribution is 7.89. The van der Waals surface area contributed by atoms with Gasteiger partial charge in [0.15, 0.2) is 5.03 Å². The number of likely N-dealkylation sites (N-methyl/N-ethyl adjacent to an activating group) is 1. The van der Waals surface area contributed by atoms with Crippen molar-refractivity contribution in [3.63, 3.8) is 0 Å². The Kier molecular flexibility index (Phi) is 12.5. The molecule has 0 unspecified atom stereocenters. The van der Waals surface area contributed by atoms with Crippen molar-refractivity contribution in [2.45, 2.75) is 63.3 Å². The van der Waals surface area contributed by atoms with E-state index < -0.39 is 39.9 Å². The van der Waals surface area contributed by atoms with Gasteiger partial charge in [0.05, 0.1) is 36.7 Å². The fourth-order valence-corrected chi connectivity index (χ4v) is 6.47. The molecule has 4 rings (SSSR count). The second-order valence-electron chi connectivity index (χ2n) is 12.3. The molecule has 3 amide bonds. The van der Waals surface area contributed by atoms with Crippen LogP contribution in [0.1, 0.15) is 50.4 Å². The number of aromatic nitrogens is 2. The maximum Gasteiger partial charge on any atom is 0.323 e. The average Bonchev–Trinajstić information content (AvgIpc) is 3.50. The van der Waals surface area contributed by atoms with E-state index in [0.29, 0.717) is 36.6 Å². The Labute approximate surface area is 281 Å². The Morgan fingerprint density at radius 1 is 1.15 bits per heavy atom. The largest absolute Gasteiger partial charge is 0.490 e. The van der Waals surface area contributed by atoms with Crippen molar-refractivity contribution >= 4 is 33.3 Å². The van der Waals surface area contributed by atoms with Crippen LogP contribution in [0.2, 0.25) is 0 Å². The molecular formula is C33H45FN6O7S. The molecule has 15 heteroatoms. The van der Waals surface area contributed by atoms with Crippen molar-refractivity contribution in [2.75, 3.05) is 44.0 Å². The third kappa shape index (κ3) is 9.52. The minimum atomic E-state index is -3.90. The summed E-state index contributed by atoms with van der Waals surface area (Å²) in [4.78, 5) is 32.6. The van der Waals surface area contributed by atoms with E-state index in [1.165, 1.54) is 59.1 Å². The van der Waals surface area contributed by atoms with Crippen LogP contribution in [0.15, 0.2) is 60.0 Å². The Bertz CT molecular complexity index is 1650. The fraction of sp³-hybridized carbons (Fsp3) is 0.485. The summed E-state index contributed by atoms with van der Waals surface area (Å²) in [6, 6.07) is 8.85. The monoisotopic (exact) mass is 688 g/mol. The molecule has 0 aliphatic carbocycles. The summed E-state index contributed by atoms with van der Waals surface area (Å²) in [5.74, 6) is -0.919. The number of aliphatic hydroxyl groups excluding tert-OH is 1. The molecule has 3 N–H and O–H groups in total. The Morgan fingerprint density at radius 2 is 1.83 bits per heavy atom. The molecule has 262 valence electrons. The molecule has 2 heterocycles. The average molecular weight is 689 g/mol. The van der Waals surface area contributed by atoms with E-state index in [1.807, 2.05) is 13.8 Å². The van der Waals surface area contributed by atoms with Crippen molar-refractivity contribution in [3.8, 4) is 5.75 Å². The number of hydrogen-bond acceptors (Lipinski definition) is 8. The van der Waals surface area contributed by atoms with Gasteiger partial charge in [0, 0.05) is 57.3 Å². The van der Waals surface area contributed by atoms with Gasteiger partial charge in [-0.1, -0.05) is 6.92 Å². The minimum Gasteiger partial charge on any atom is -0.490 e. The van der Waals surface area contributed by atoms with E-state index in [1.54, 1.807) is 30.7 Å². The normalized spacial score (nSPS) is 20.4. The molecule has 0 bridgehead atoms. The molecule has 0 saturated heterocycles. The van der Waals surface area contributed by atoms with Crippen LogP contribution in [0.4, 0.5) is 20.6 Å². The number of benzene rings is 2. The Morgan fingerprint density at radius 3 is 2.50 bits per heavy atom. The van der Waals surface area contributed by atoms with Gasteiger partial charge in [0.2, 0.25) is 0 Å². The first-order valence-electron chi connectivity index (χ1n) is 15.9. The van der Waals surface area contributed by atoms with E-state index in [-0.39, 0.29) is 42.3 Å². The van der Waals surface area contributed by atoms with Gasteiger partial charge in [0.1, 0.15) is 11.6 Å². The lowest BCUT2D eigenvalue weighted by Crippen LogP contribution is -2.48. The van der Waals surface area contributed by atoms with Gasteiger partial charge in [-0.3, -0.25) is 4.79 Å². The van der Waals surface area contributed by atoms with E-state index in [4.69, 9.17) is 9.47 Å². The predicted octanol–water partition coefficient (Wildman–Crippen LogP) is 4.32. The summed E-state index contributed by atoms with van der Waals surface area (Å²) in [6.07, 6.45) is 4.16. The van der Waals surface area contributed by atoms with Crippen LogP contribution in [0.5, 0.6) is 5.75 Å². The zero-order chi connectivity index (χ0) is 35.0. The number of anilines is 2. The number of carbonyl (C=O) groups is 2. The van der Waals surface area contributed by atoms with Crippen molar-refractivity contribution in [1.82, 2.24) is 18.8 Å². The number of halogens is 1. The van der Waals surface area contributed by atoms with Crippen molar-refractivity contribution in [2.24, 2.45) is 13.0 Å². The number of sulfonamides is 1. The number of imidazole rings is 1. The predicted molar refractivity (Wildman–Crippen MR) is 179 cm³/mol. The zero-order valence-corrected chi connectivity index (χ0v) is 28.7. The van der Waals surface area contributed by atoms with E-state index in [9.17, 15) is 27.5 Å². The van der Waals surface area contributed by atoms with Crippen LogP contribution in [0, 0.1) is 11.7 Å². The third-order valence-electron chi connectivity index (χ3n) is 8.20. The summed E-state index contributed by atoms with van der Waals surface area (Å²) in [5.41, 5.74) is 0.872. The first-order chi connectivity index (χ1) is 22.8. The molecule has 4 atom stereocenters. The number of urea groups is 1. The summed E-state index contributed by atoms with van der Waals surface area (Å²) >= 11 is 0. The van der Waals surface area contributed by atoms with Crippen LogP contribution in [-0.4, -0.2) is 95.8 Å². The van der Waals surface area contributed by atoms with Crippen LogP contribution in [-0.2, 0) is 21.8 Å². The fourth-order valence-electron chi connectivity index (χ4n) is 5.32. The molecule has 0 saturated carbocycles. The lowest BCUT2D eigenvalue weighted by atomic mass is 10.0. The van der Waals surface area contributed by atoms with Crippen molar-refractivity contribution < 1.29 is 37.0 Å². The minimum absolute atomic E-state index is 0.0168. The number of aryl methyl sites for hydroxylation is 1. The van der Waals surface area contributed by atoms with E-state index in [0.717, 1.165) is 6.42 Å². The molecule has 1 aliphatic heterocycles. The van der Waals surface area contributed by atoms with Gasteiger partial charge < -0.3 is 34.7 Å². The summed E-state index contributed by atoms with van der Waals surface area (Å²) < 4.78 is 55.2. The van der Waals surface area contributed by atoms with Crippen LogP contribution >= 0.6 is 0 Å². The number of fused-ring (bicyclic) bond motifs is 1. The summed E-state index contributed by atoms with van der Waals surface area (Å²) in [5, 5.41) is 15.4. The van der Waals surface area contributed by atoms with E-state index >= 15 is 0 Å². The summed E-state index contributed by atoms with van der Waals surface area (Å²) in [7, 11) is -0.741. The number of ether oxygens (including phenoxy) is 2. The topological polar surface area (TPSA) is 155 Å². The van der Waals surface area contributed by atoms with Crippen molar-refractivity contribution in [3.05, 3.63) is 66.4 Å². The quantitative estimate of drug-likeness (QED) is 0.316. The van der Waals surface area contributed by atoms with Gasteiger partial charge in [-0.25, -0.2) is 22.6 Å². The standard InChI is InChI=1S/C33H45FN6O7S/c1-22-17-40(23(2)20-41)32(42)28-16-27(37-33(43)36-26-11-9-25(34)10-12-26)13-14-29(28)47-24(3)8-6-7-15-46-30(22)18-39(5)48(44,45)31-19-38(4)21-35-31/h9-14,16,19,21-24,30,41H,6-8,15,17-18,20H2,1-5H3,(H2,36,37,43)/t22-,23+,24-,30-/m1/s1. The number of nitrogens with zero attached hydrogens (tertiary/aromatic N) is 4. The molecule has 0 fully saturated rings. The molecule has 0 radical (unpaired) electrons. The molecular weight excluding hydrogens is 643 g/mol. The first kappa shape index (κ1) is 36.8.